The van der Waals surface area contributed by atoms with Gasteiger partial charge < -0.3 is 9.30 Å². The Kier molecular flexibility index (Phi) is 2.15. The summed E-state index contributed by atoms with van der Waals surface area (Å²) in [6.45, 7) is 0. The van der Waals surface area contributed by atoms with Crippen molar-refractivity contribution >= 4 is 33.6 Å². The minimum Gasteiger partial charge on any atom is -0.494 e. The summed E-state index contributed by atoms with van der Waals surface area (Å²) in [5.41, 5.74) is 2.05. The first-order valence-corrected chi connectivity index (χ1v) is 4.95. The highest BCUT2D eigenvalue weighted by Crippen LogP contribution is 2.27. The van der Waals surface area contributed by atoms with Gasteiger partial charge in [0.05, 0.1) is 10.7 Å². The van der Waals surface area contributed by atoms with Crippen LogP contribution < -0.4 is 4.74 Å². The Labute approximate surface area is 89.9 Å². The fourth-order valence-electron chi connectivity index (χ4n) is 1.41. The third-order valence-corrected chi connectivity index (χ3v) is 2.78. The second-order valence-electron chi connectivity index (χ2n) is 2.80. The number of aromatic nitrogens is 2. The SMILES string of the molecule is COc1ccnc2c(I)cn(C)c12. The number of fused-ring (bicyclic) bond motifs is 1. The van der Waals surface area contributed by atoms with Crippen molar-refractivity contribution in [1.82, 2.24) is 9.55 Å². The molecule has 0 saturated carbocycles. The molecular weight excluding hydrogens is 279 g/mol. The molecule has 0 bridgehead atoms. The molecule has 0 radical (unpaired) electrons. The lowest BCUT2D eigenvalue weighted by molar-refractivity contribution is 0.417. The van der Waals surface area contributed by atoms with Gasteiger partial charge in [-0.1, -0.05) is 0 Å². The molecule has 0 amide bonds. The summed E-state index contributed by atoms with van der Waals surface area (Å²) in [7, 11) is 3.67. The van der Waals surface area contributed by atoms with E-state index in [9.17, 15) is 0 Å². The van der Waals surface area contributed by atoms with E-state index in [1.807, 2.05) is 23.9 Å². The van der Waals surface area contributed by atoms with Crippen molar-refractivity contribution in [1.29, 1.82) is 0 Å². The van der Waals surface area contributed by atoms with Crippen molar-refractivity contribution in [2.45, 2.75) is 0 Å². The zero-order valence-corrected chi connectivity index (χ0v) is 9.57. The van der Waals surface area contributed by atoms with E-state index >= 15 is 0 Å². The molecule has 0 unspecified atom stereocenters. The lowest BCUT2D eigenvalue weighted by atomic mass is 10.3. The molecule has 68 valence electrons. The zero-order chi connectivity index (χ0) is 9.42. The number of aryl methyl sites for hydroxylation is 1. The number of hydrogen-bond donors (Lipinski definition) is 0. The van der Waals surface area contributed by atoms with Gasteiger partial charge in [-0.3, -0.25) is 4.98 Å². The standard InChI is InChI=1S/C9H9IN2O/c1-12-5-6(10)8-9(12)7(13-2)3-4-11-8/h3-5H,1-2H3. The van der Waals surface area contributed by atoms with Crippen molar-refractivity contribution in [3.05, 3.63) is 22.0 Å². The minimum absolute atomic E-state index is 0.871. The first-order valence-electron chi connectivity index (χ1n) is 3.87. The molecule has 0 aliphatic carbocycles. The normalized spacial score (nSPS) is 10.7. The molecule has 0 aromatic carbocycles. The van der Waals surface area contributed by atoms with Gasteiger partial charge in [0.2, 0.25) is 0 Å². The molecule has 0 N–H and O–H groups in total. The molecule has 13 heavy (non-hydrogen) atoms. The van der Waals surface area contributed by atoms with Gasteiger partial charge in [0, 0.05) is 25.5 Å². The first-order chi connectivity index (χ1) is 6.24. The Hall–Kier alpha value is -0.780. The Balaban J connectivity index is 2.88. The highest BCUT2D eigenvalue weighted by atomic mass is 127. The molecule has 2 aromatic heterocycles. The molecule has 3 nitrogen and oxygen atoms in total. The van der Waals surface area contributed by atoms with Gasteiger partial charge in [-0.2, -0.15) is 0 Å². The average molecular weight is 288 g/mol. The maximum Gasteiger partial charge on any atom is 0.146 e. The van der Waals surface area contributed by atoms with Crippen molar-refractivity contribution in [2.24, 2.45) is 7.05 Å². The zero-order valence-electron chi connectivity index (χ0n) is 7.41. The average Bonchev–Trinajstić information content (AvgIpc) is 2.43. The Morgan fingerprint density at radius 2 is 2.31 bits per heavy atom. The molecule has 2 aromatic rings. The molecule has 4 heteroatoms. The van der Waals surface area contributed by atoms with E-state index in [-0.39, 0.29) is 0 Å². The monoisotopic (exact) mass is 288 g/mol. The summed E-state index contributed by atoms with van der Waals surface area (Å²) in [6.07, 6.45) is 3.81. The molecule has 0 spiro atoms. The van der Waals surface area contributed by atoms with Gasteiger partial charge in [-0.15, -0.1) is 0 Å². The van der Waals surface area contributed by atoms with Crippen LogP contribution in [-0.2, 0) is 7.05 Å². The van der Waals surface area contributed by atoms with Crippen LogP contribution in [0.4, 0.5) is 0 Å². The number of hydrogen-bond acceptors (Lipinski definition) is 2. The smallest absolute Gasteiger partial charge is 0.146 e. The van der Waals surface area contributed by atoms with E-state index in [4.69, 9.17) is 4.74 Å². The summed E-state index contributed by atoms with van der Waals surface area (Å²) < 4.78 is 8.44. The topological polar surface area (TPSA) is 27.1 Å². The summed E-state index contributed by atoms with van der Waals surface area (Å²) in [4.78, 5) is 4.30. The van der Waals surface area contributed by atoms with Crippen LogP contribution in [0.3, 0.4) is 0 Å². The van der Waals surface area contributed by atoms with Crippen LogP contribution in [0, 0.1) is 3.57 Å². The Morgan fingerprint density at radius 1 is 1.54 bits per heavy atom. The third-order valence-electron chi connectivity index (χ3n) is 1.99. The maximum atomic E-state index is 5.26. The molecule has 0 aliphatic rings. The van der Waals surface area contributed by atoms with Crippen LogP contribution in [0.5, 0.6) is 5.75 Å². The van der Waals surface area contributed by atoms with Crippen molar-refractivity contribution in [2.75, 3.05) is 7.11 Å². The number of halogens is 1. The summed E-state index contributed by atoms with van der Waals surface area (Å²) in [6, 6.07) is 1.87. The second-order valence-corrected chi connectivity index (χ2v) is 3.96. The van der Waals surface area contributed by atoms with Crippen molar-refractivity contribution < 1.29 is 4.74 Å². The highest BCUT2D eigenvalue weighted by Gasteiger charge is 2.09. The first kappa shape index (κ1) is 8.80. The number of pyridine rings is 1. The predicted molar refractivity (Wildman–Crippen MR) is 60.0 cm³/mol. The van der Waals surface area contributed by atoms with Crippen LogP contribution in [0.1, 0.15) is 0 Å². The molecule has 0 fully saturated rings. The van der Waals surface area contributed by atoms with Gasteiger partial charge in [-0.05, 0) is 22.6 Å². The Morgan fingerprint density at radius 3 is 3.00 bits per heavy atom. The van der Waals surface area contributed by atoms with Crippen LogP contribution in [-0.4, -0.2) is 16.7 Å². The summed E-state index contributed by atoms with van der Waals surface area (Å²) in [5, 5.41) is 0. The van der Waals surface area contributed by atoms with Gasteiger partial charge in [-0.25, -0.2) is 0 Å². The maximum absolute atomic E-state index is 5.26. The van der Waals surface area contributed by atoms with Crippen LogP contribution >= 0.6 is 22.6 Å². The van der Waals surface area contributed by atoms with Gasteiger partial charge in [0.15, 0.2) is 0 Å². The van der Waals surface area contributed by atoms with Crippen LogP contribution in [0.25, 0.3) is 11.0 Å². The molecule has 0 atom stereocenters. The molecule has 0 aliphatic heterocycles. The van der Waals surface area contributed by atoms with E-state index in [2.05, 4.69) is 27.6 Å². The van der Waals surface area contributed by atoms with Crippen LogP contribution in [0.2, 0.25) is 0 Å². The molecule has 2 heterocycles. The van der Waals surface area contributed by atoms with E-state index < -0.39 is 0 Å². The fourth-order valence-corrected chi connectivity index (χ4v) is 2.22. The highest BCUT2D eigenvalue weighted by molar-refractivity contribution is 14.1. The molecular formula is C9H9IN2O. The van der Waals surface area contributed by atoms with Gasteiger partial charge in [0.1, 0.15) is 16.8 Å². The fraction of sp³-hybridized carbons (Fsp3) is 0.222. The number of methoxy groups -OCH3 is 1. The summed E-state index contributed by atoms with van der Waals surface area (Å²) in [5.74, 6) is 0.871. The molecule has 0 saturated heterocycles. The van der Waals surface area contributed by atoms with E-state index in [1.165, 1.54) is 0 Å². The van der Waals surface area contributed by atoms with Gasteiger partial charge >= 0.3 is 0 Å². The van der Waals surface area contributed by atoms with Crippen molar-refractivity contribution in [3.63, 3.8) is 0 Å². The third kappa shape index (κ3) is 1.29. The van der Waals surface area contributed by atoms with Gasteiger partial charge in [0.25, 0.3) is 0 Å². The lowest BCUT2D eigenvalue weighted by Crippen LogP contribution is -1.90. The van der Waals surface area contributed by atoms with E-state index in [0.717, 1.165) is 20.4 Å². The number of rotatable bonds is 1. The van der Waals surface area contributed by atoms with E-state index in [1.54, 1.807) is 13.3 Å². The molecule has 2 rings (SSSR count). The minimum atomic E-state index is 0.871. The quantitative estimate of drug-likeness (QED) is 0.752. The predicted octanol–water partition coefficient (Wildman–Crippen LogP) is 2.19. The largest absolute Gasteiger partial charge is 0.494 e. The van der Waals surface area contributed by atoms with Crippen molar-refractivity contribution in [3.8, 4) is 5.75 Å². The van der Waals surface area contributed by atoms with E-state index in [0.29, 0.717) is 0 Å². The van der Waals surface area contributed by atoms with Crippen LogP contribution in [0.15, 0.2) is 18.5 Å². The lowest BCUT2D eigenvalue weighted by Gasteiger charge is -2.02. The second kappa shape index (κ2) is 3.17. The Bertz CT molecular complexity index is 450. The summed E-state index contributed by atoms with van der Waals surface area (Å²) >= 11 is 2.27. The number of nitrogens with zero attached hydrogens (tertiary/aromatic N) is 2. The number of ether oxygens (including phenoxy) is 1.